The first-order valence-electron chi connectivity index (χ1n) is 3.66. The molecular weight excluding hydrogens is 198 g/mol. The van der Waals surface area contributed by atoms with Crippen molar-refractivity contribution in [1.82, 2.24) is 0 Å². The highest BCUT2D eigenvalue weighted by Crippen LogP contribution is 2.62. The molecule has 0 aromatic carbocycles. The largest absolute Gasteiger partial charge is 0.480 e. The van der Waals surface area contributed by atoms with Crippen LogP contribution in [0.4, 0.5) is 8.78 Å². The summed E-state index contributed by atoms with van der Waals surface area (Å²) in [5.74, 6) is -4.51. The van der Waals surface area contributed by atoms with Crippen molar-refractivity contribution in [2.75, 3.05) is 0 Å². The second-order valence-electron chi connectivity index (χ2n) is 3.07. The van der Waals surface area contributed by atoms with Crippen LogP contribution in [-0.4, -0.2) is 17.0 Å². The van der Waals surface area contributed by atoms with Crippen molar-refractivity contribution in [2.45, 2.75) is 17.8 Å². The van der Waals surface area contributed by atoms with Crippen LogP contribution >= 0.6 is 11.3 Å². The molecule has 1 aliphatic rings. The van der Waals surface area contributed by atoms with Crippen molar-refractivity contribution in [3.63, 3.8) is 0 Å². The summed E-state index contributed by atoms with van der Waals surface area (Å²) < 4.78 is 25.8. The van der Waals surface area contributed by atoms with Gasteiger partial charge in [0.1, 0.15) is 0 Å². The number of alkyl halides is 2. The zero-order valence-electron chi connectivity index (χ0n) is 6.46. The summed E-state index contributed by atoms with van der Waals surface area (Å²) in [4.78, 5) is 11.0. The highest BCUT2D eigenvalue weighted by molar-refractivity contribution is 7.10. The number of carboxylic acids is 1. The molecule has 1 atom stereocenters. The Morgan fingerprint density at radius 3 is 2.54 bits per heavy atom. The molecule has 0 spiro atoms. The predicted octanol–water partition coefficient (Wildman–Crippen LogP) is 2.11. The topological polar surface area (TPSA) is 37.3 Å². The number of carbonyl (C=O) groups is 1. The monoisotopic (exact) mass is 204 g/mol. The Morgan fingerprint density at radius 1 is 1.62 bits per heavy atom. The third-order valence-corrected chi connectivity index (χ3v) is 3.33. The van der Waals surface area contributed by atoms with Crippen LogP contribution in [0.2, 0.25) is 0 Å². The number of carboxylic acid groups (broad SMARTS) is 1. The van der Waals surface area contributed by atoms with Crippen LogP contribution in [-0.2, 0) is 10.2 Å². The summed E-state index contributed by atoms with van der Waals surface area (Å²) in [5, 5.41) is 10.3. The van der Waals surface area contributed by atoms with Crippen LogP contribution in [0.1, 0.15) is 11.3 Å². The zero-order chi connectivity index (χ0) is 9.69. The minimum absolute atomic E-state index is 0.241. The first kappa shape index (κ1) is 8.62. The van der Waals surface area contributed by atoms with Crippen LogP contribution in [0.3, 0.4) is 0 Å². The molecule has 2 nitrogen and oxygen atoms in total. The lowest BCUT2D eigenvalue weighted by molar-refractivity contribution is -0.142. The molecule has 1 saturated carbocycles. The Hall–Kier alpha value is -0.970. The second-order valence-corrected chi connectivity index (χ2v) is 4.02. The lowest BCUT2D eigenvalue weighted by Crippen LogP contribution is -2.25. The van der Waals surface area contributed by atoms with E-state index in [4.69, 9.17) is 5.11 Å². The lowest BCUT2D eigenvalue weighted by Gasteiger charge is -2.07. The molecule has 0 bridgehead atoms. The summed E-state index contributed by atoms with van der Waals surface area (Å²) in [7, 11) is 0. The van der Waals surface area contributed by atoms with Crippen molar-refractivity contribution in [3.05, 3.63) is 22.4 Å². The molecular formula is C8H6F2O2S. The number of aliphatic carboxylic acids is 1. The van der Waals surface area contributed by atoms with E-state index in [0.717, 1.165) is 11.3 Å². The maximum Gasteiger partial charge on any atom is 0.321 e. The summed E-state index contributed by atoms with van der Waals surface area (Å²) in [5.41, 5.74) is -1.93. The van der Waals surface area contributed by atoms with Gasteiger partial charge >= 0.3 is 5.97 Å². The molecule has 0 radical (unpaired) electrons. The Kier molecular flexibility index (Phi) is 1.52. The molecule has 1 aromatic heterocycles. The molecule has 5 heteroatoms. The van der Waals surface area contributed by atoms with Crippen molar-refractivity contribution < 1.29 is 18.7 Å². The van der Waals surface area contributed by atoms with E-state index in [1.54, 1.807) is 11.4 Å². The minimum Gasteiger partial charge on any atom is -0.480 e. The van der Waals surface area contributed by atoms with Gasteiger partial charge in [0.25, 0.3) is 5.92 Å². The molecule has 0 saturated heterocycles. The van der Waals surface area contributed by atoms with Crippen molar-refractivity contribution in [2.24, 2.45) is 0 Å². The molecule has 0 aliphatic heterocycles. The maximum atomic E-state index is 12.9. The summed E-state index contributed by atoms with van der Waals surface area (Å²) in [6.45, 7) is 0. The van der Waals surface area contributed by atoms with Gasteiger partial charge in [-0.1, -0.05) is 6.07 Å². The zero-order valence-corrected chi connectivity index (χ0v) is 7.28. The second kappa shape index (κ2) is 2.29. The molecule has 70 valence electrons. The molecule has 1 aromatic rings. The van der Waals surface area contributed by atoms with Crippen LogP contribution in [0.25, 0.3) is 0 Å². The predicted molar refractivity (Wildman–Crippen MR) is 43.2 cm³/mol. The number of rotatable bonds is 2. The number of halogens is 2. The van der Waals surface area contributed by atoms with Crippen molar-refractivity contribution in [1.29, 1.82) is 0 Å². The summed E-state index contributed by atoms with van der Waals surface area (Å²) >= 11 is 1.06. The van der Waals surface area contributed by atoms with E-state index in [1.807, 2.05) is 0 Å². The van der Waals surface area contributed by atoms with Gasteiger partial charge in [0, 0.05) is 11.3 Å². The van der Waals surface area contributed by atoms with Gasteiger partial charge in [-0.3, -0.25) is 4.79 Å². The first-order chi connectivity index (χ1) is 6.01. The van der Waals surface area contributed by atoms with Crippen molar-refractivity contribution >= 4 is 17.3 Å². The number of hydrogen-bond acceptors (Lipinski definition) is 2. The van der Waals surface area contributed by atoms with Gasteiger partial charge in [-0.2, -0.15) is 0 Å². The van der Waals surface area contributed by atoms with Gasteiger partial charge in [0.2, 0.25) is 0 Å². The molecule has 0 amide bonds. The molecule has 2 rings (SSSR count). The Labute approximate surface area is 76.8 Å². The first-order valence-corrected chi connectivity index (χ1v) is 4.54. The Morgan fingerprint density at radius 2 is 2.23 bits per heavy atom. The molecule has 1 aliphatic carbocycles. The standard InChI is InChI=1S/C8H6F2O2S/c9-8(10)4-7(8,6(11)12)5-2-1-3-13-5/h1-3H,4H2,(H,11,12). The smallest absolute Gasteiger partial charge is 0.321 e. The summed E-state index contributed by atoms with van der Waals surface area (Å²) in [6, 6.07) is 3.03. The van der Waals surface area contributed by atoms with E-state index in [9.17, 15) is 13.6 Å². The van der Waals surface area contributed by atoms with Gasteiger partial charge in [-0.25, -0.2) is 8.78 Å². The molecule has 1 unspecified atom stereocenters. The van der Waals surface area contributed by atoms with Crippen LogP contribution in [0.15, 0.2) is 17.5 Å². The van der Waals surface area contributed by atoms with Gasteiger partial charge in [0.15, 0.2) is 5.41 Å². The van der Waals surface area contributed by atoms with Crippen LogP contribution in [0.5, 0.6) is 0 Å². The quantitative estimate of drug-likeness (QED) is 0.801. The van der Waals surface area contributed by atoms with Gasteiger partial charge < -0.3 is 5.11 Å². The third-order valence-electron chi connectivity index (χ3n) is 2.29. The fraction of sp³-hybridized carbons (Fsp3) is 0.375. The van der Waals surface area contributed by atoms with E-state index in [1.165, 1.54) is 6.07 Å². The molecule has 13 heavy (non-hydrogen) atoms. The summed E-state index contributed by atoms with van der Waals surface area (Å²) in [6.07, 6.45) is -0.574. The number of hydrogen-bond donors (Lipinski definition) is 1. The molecule has 1 fully saturated rings. The fourth-order valence-corrected chi connectivity index (χ4v) is 2.39. The van der Waals surface area contributed by atoms with Gasteiger partial charge in [-0.15, -0.1) is 11.3 Å². The normalized spacial score (nSPS) is 30.0. The van der Waals surface area contributed by atoms with Gasteiger partial charge in [-0.05, 0) is 11.4 Å². The maximum absolute atomic E-state index is 12.9. The average Bonchev–Trinajstić information content (AvgIpc) is 2.52. The van der Waals surface area contributed by atoms with E-state index in [0.29, 0.717) is 0 Å². The van der Waals surface area contributed by atoms with E-state index < -0.39 is 23.7 Å². The Bertz CT molecular complexity index is 347. The average molecular weight is 204 g/mol. The highest BCUT2D eigenvalue weighted by Gasteiger charge is 2.77. The Balaban J connectivity index is 2.45. The lowest BCUT2D eigenvalue weighted by atomic mass is 10.1. The van der Waals surface area contributed by atoms with E-state index in [2.05, 4.69) is 0 Å². The third kappa shape index (κ3) is 0.934. The SMILES string of the molecule is O=C(O)C1(c2cccs2)CC1(F)F. The van der Waals surface area contributed by atoms with Gasteiger partial charge in [0.05, 0.1) is 0 Å². The molecule has 1 N–H and O–H groups in total. The fourth-order valence-electron chi connectivity index (χ4n) is 1.42. The number of thiophene rings is 1. The van der Waals surface area contributed by atoms with E-state index >= 15 is 0 Å². The van der Waals surface area contributed by atoms with Crippen LogP contribution < -0.4 is 0 Å². The van der Waals surface area contributed by atoms with Crippen molar-refractivity contribution in [3.8, 4) is 0 Å². The highest BCUT2D eigenvalue weighted by atomic mass is 32.1. The van der Waals surface area contributed by atoms with Crippen LogP contribution in [0, 0.1) is 0 Å². The van der Waals surface area contributed by atoms with E-state index in [-0.39, 0.29) is 4.88 Å². The molecule has 1 heterocycles. The minimum atomic E-state index is -3.08.